The van der Waals surface area contributed by atoms with Gasteiger partial charge in [-0.3, -0.25) is 4.79 Å². The number of hydrogen-bond donors (Lipinski definition) is 1. The van der Waals surface area contributed by atoms with Gasteiger partial charge < -0.3 is 19.6 Å². The van der Waals surface area contributed by atoms with Gasteiger partial charge in [0.2, 0.25) is 0 Å². The number of nitrogens with two attached hydrogens (primary N) is 1. The van der Waals surface area contributed by atoms with Crippen LogP contribution >= 0.6 is 11.3 Å². The predicted molar refractivity (Wildman–Crippen MR) is 117 cm³/mol. The fourth-order valence-electron chi connectivity index (χ4n) is 3.15. The fraction of sp³-hybridized carbons (Fsp3) is 0.273. The molecule has 0 saturated heterocycles. The molecule has 0 amide bonds. The first-order chi connectivity index (χ1) is 13.8. The highest BCUT2D eigenvalue weighted by atomic mass is 32.1. The van der Waals surface area contributed by atoms with E-state index in [-0.39, 0.29) is 17.6 Å². The summed E-state index contributed by atoms with van der Waals surface area (Å²) in [7, 11) is 0. The highest BCUT2D eigenvalue weighted by Crippen LogP contribution is 2.36. The van der Waals surface area contributed by atoms with Crippen molar-refractivity contribution in [3.8, 4) is 22.8 Å². The topological polar surface area (TPSA) is 87.6 Å². The van der Waals surface area contributed by atoms with Crippen molar-refractivity contribution in [1.29, 1.82) is 0 Å². The molecule has 0 aliphatic heterocycles. The molecule has 2 aromatic carbocycles. The van der Waals surface area contributed by atoms with Crippen LogP contribution in [0.15, 0.2) is 45.6 Å². The molecule has 4 rings (SSSR count). The highest BCUT2D eigenvalue weighted by Gasteiger charge is 2.16. The second-order valence-corrected chi connectivity index (χ2v) is 8.34. The Kier molecular flexibility index (Phi) is 4.92. The molecule has 2 aromatic heterocycles. The van der Waals surface area contributed by atoms with Crippen LogP contribution in [0.4, 0.5) is 5.13 Å². The molecule has 0 spiro atoms. The zero-order valence-corrected chi connectivity index (χ0v) is 17.5. The Labute approximate surface area is 171 Å². The van der Waals surface area contributed by atoms with Crippen molar-refractivity contribution in [3.63, 3.8) is 0 Å². The molecular weight excluding hydrogens is 388 g/mol. The predicted octanol–water partition coefficient (Wildman–Crippen LogP) is 5.23. The Morgan fingerprint density at radius 2 is 1.72 bits per heavy atom. The van der Waals surface area contributed by atoms with Crippen LogP contribution in [0.1, 0.15) is 27.7 Å². The minimum absolute atomic E-state index is 0.0169. The summed E-state index contributed by atoms with van der Waals surface area (Å²) in [6, 6.07) is 10.6. The van der Waals surface area contributed by atoms with E-state index in [0.717, 1.165) is 10.3 Å². The standard InChI is InChI=1S/C22H22N2O4S/c1-11(2)26-16-7-5-13(9-19(16)27-12(3)4)18-10-15(25)20-17(28-18)8-6-14-21(20)29-22(23)24-14/h5-12H,1-4H3,(H2,23,24). The van der Waals surface area contributed by atoms with Crippen molar-refractivity contribution in [2.24, 2.45) is 0 Å². The van der Waals surface area contributed by atoms with Gasteiger partial charge in [0.1, 0.15) is 11.3 Å². The SMILES string of the molecule is CC(C)Oc1ccc(-c2cc(=O)c3c(ccc4nc(N)sc43)o2)cc1OC(C)C. The second-order valence-electron chi connectivity index (χ2n) is 7.31. The molecule has 0 atom stereocenters. The van der Waals surface area contributed by atoms with Crippen LogP contribution in [0.5, 0.6) is 11.5 Å². The number of aromatic nitrogens is 1. The lowest BCUT2D eigenvalue weighted by atomic mass is 10.1. The molecule has 0 fully saturated rings. The van der Waals surface area contributed by atoms with Crippen LogP contribution in [0.2, 0.25) is 0 Å². The maximum absolute atomic E-state index is 12.9. The number of anilines is 1. The fourth-order valence-corrected chi connectivity index (χ4v) is 4.02. The first-order valence-corrected chi connectivity index (χ1v) is 10.2. The molecule has 0 unspecified atom stereocenters. The molecule has 0 bridgehead atoms. The molecule has 150 valence electrons. The van der Waals surface area contributed by atoms with E-state index in [1.54, 1.807) is 6.07 Å². The molecule has 7 heteroatoms. The van der Waals surface area contributed by atoms with Crippen molar-refractivity contribution >= 4 is 37.7 Å². The first-order valence-electron chi connectivity index (χ1n) is 9.42. The third-order valence-electron chi connectivity index (χ3n) is 4.22. The number of nitrogens with zero attached hydrogens (tertiary/aromatic N) is 1. The van der Waals surface area contributed by atoms with E-state index < -0.39 is 0 Å². The lowest BCUT2D eigenvalue weighted by Gasteiger charge is -2.18. The lowest BCUT2D eigenvalue weighted by molar-refractivity contribution is 0.199. The third kappa shape index (κ3) is 3.78. The van der Waals surface area contributed by atoms with Gasteiger partial charge in [0.25, 0.3) is 0 Å². The van der Waals surface area contributed by atoms with Crippen molar-refractivity contribution in [1.82, 2.24) is 4.98 Å². The van der Waals surface area contributed by atoms with Crippen LogP contribution in [0.25, 0.3) is 32.5 Å². The molecule has 29 heavy (non-hydrogen) atoms. The molecule has 0 radical (unpaired) electrons. The van der Waals surface area contributed by atoms with Crippen molar-refractivity contribution < 1.29 is 13.9 Å². The summed E-state index contributed by atoms with van der Waals surface area (Å²) in [6.07, 6.45) is -0.00309. The van der Waals surface area contributed by atoms with Gasteiger partial charge in [0.05, 0.1) is 27.8 Å². The van der Waals surface area contributed by atoms with Crippen molar-refractivity contribution in [2.75, 3.05) is 5.73 Å². The van der Waals surface area contributed by atoms with Crippen LogP contribution in [0.3, 0.4) is 0 Å². The number of rotatable bonds is 5. The molecule has 2 heterocycles. The van der Waals surface area contributed by atoms with E-state index in [1.165, 1.54) is 17.4 Å². The molecule has 4 aromatic rings. The third-order valence-corrected chi connectivity index (χ3v) is 5.14. The van der Waals surface area contributed by atoms with E-state index in [4.69, 9.17) is 19.6 Å². The van der Waals surface area contributed by atoms with Crippen LogP contribution < -0.4 is 20.6 Å². The van der Waals surface area contributed by atoms with Crippen LogP contribution in [-0.4, -0.2) is 17.2 Å². The van der Waals surface area contributed by atoms with Gasteiger partial charge >= 0.3 is 0 Å². The highest BCUT2D eigenvalue weighted by molar-refractivity contribution is 7.22. The minimum atomic E-state index is -0.135. The Morgan fingerprint density at radius 1 is 1.00 bits per heavy atom. The second kappa shape index (κ2) is 7.40. The molecule has 0 aliphatic carbocycles. The Balaban J connectivity index is 1.85. The van der Waals surface area contributed by atoms with Gasteiger partial charge in [-0.1, -0.05) is 11.3 Å². The summed E-state index contributed by atoms with van der Waals surface area (Å²) in [5, 5.41) is 0.922. The monoisotopic (exact) mass is 410 g/mol. The van der Waals surface area contributed by atoms with Gasteiger partial charge in [0, 0.05) is 11.6 Å². The summed E-state index contributed by atoms with van der Waals surface area (Å²) in [5.74, 6) is 1.73. The maximum atomic E-state index is 12.9. The Hall–Kier alpha value is -3.06. The number of hydrogen-bond acceptors (Lipinski definition) is 7. The zero-order valence-electron chi connectivity index (χ0n) is 16.7. The number of fused-ring (bicyclic) bond motifs is 3. The molecule has 0 aliphatic rings. The van der Waals surface area contributed by atoms with E-state index >= 15 is 0 Å². The van der Waals surface area contributed by atoms with Gasteiger partial charge in [-0.2, -0.15) is 0 Å². The smallest absolute Gasteiger partial charge is 0.194 e. The average Bonchev–Trinajstić information content (AvgIpc) is 3.02. The van der Waals surface area contributed by atoms with Gasteiger partial charge in [-0.15, -0.1) is 0 Å². The van der Waals surface area contributed by atoms with Crippen LogP contribution in [0, 0.1) is 0 Å². The van der Waals surface area contributed by atoms with Crippen LogP contribution in [-0.2, 0) is 0 Å². The number of thiazole rings is 1. The van der Waals surface area contributed by atoms with E-state index in [9.17, 15) is 4.79 Å². The van der Waals surface area contributed by atoms with E-state index in [2.05, 4.69) is 4.98 Å². The van der Waals surface area contributed by atoms with Gasteiger partial charge in [0.15, 0.2) is 22.1 Å². The molecule has 6 nitrogen and oxygen atoms in total. The zero-order chi connectivity index (χ0) is 20.7. The largest absolute Gasteiger partial charge is 0.487 e. The normalized spacial score (nSPS) is 11.7. The van der Waals surface area contributed by atoms with Crippen molar-refractivity contribution in [2.45, 2.75) is 39.9 Å². The van der Waals surface area contributed by atoms with E-state index in [1.807, 2.05) is 52.0 Å². The summed E-state index contributed by atoms with van der Waals surface area (Å²) in [6.45, 7) is 7.83. The summed E-state index contributed by atoms with van der Waals surface area (Å²) in [4.78, 5) is 17.1. The molecular formula is C22H22N2O4S. The quantitative estimate of drug-likeness (QED) is 0.485. The van der Waals surface area contributed by atoms with Gasteiger partial charge in [-0.25, -0.2) is 4.98 Å². The summed E-state index contributed by atoms with van der Waals surface area (Å²) >= 11 is 1.28. The maximum Gasteiger partial charge on any atom is 0.194 e. The minimum Gasteiger partial charge on any atom is -0.487 e. The summed E-state index contributed by atoms with van der Waals surface area (Å²) < 4.78 is 18.6. The van der Waals surface area contributed by atoms with Gasteiger partial charge in [-0.05, 0) is 58.0 Å². The molecule has 2 N–H and O–H groups in total. The Bertz CT molecular complexity index is 1260. The Morgan fingerprint density at radius 3 is 2.45 bits per heavy atom. The number of benzene rings is 2. The number of ether oxygens (including phenoxy) is 2. The lowest BCUT2D eigenvalue weighted by Crippen LogP contribution is -2.11. The average molecular weight is 410 g/mol. The van der Waals surface area contributed by atoms with Crippen molar-refractivity contribution in [3.05, 3.63) is 46.6 Å². The molecule has 0 saturated carbocycles. The first kappa shape index (κ1) is 19.3. The summed E-state index contributed by atoms with van der Waals surface area (Å²) in [5.41, 5.74) is 7.60. The number of nitrogen functional groups attached to an aromatic ring is 1. The van der Waals surface area contributed by atoms with E-state index in [0.29, 0.717) is 38.9 Å².